The van der Waals surface area contributed by atoms with Gasteiger partial charge in [0.15, 0.2) is 0 Å². The molecule has 0 radical (unpaired) electrons. The van der Waals surface area contributed by atoms with Crippen LogP contribution in [0.2, 0.25) is 0 Å². The maximum Gasteiger partial charge on any atom is 0.131 e. The van der Waals surface area contributed by atoms with E-state index in [4.69, 9.17) is 0 Å². The first kappa shape index (κ1) is 14.7. The van der Waals surface area contributed by atoms with E-state index in [2.05, 4.69) is 10.3 Å². The molecule has 0 fully saturated rings. The molecular formula is C15H19F2N3. The lowest BCUT2D eigenvalue weighted by Crippen LogP contribution is -2.26. The Hall–Kier alpha value is -1.75. The summed E-state index contributed by atoms with van der Waals surface area (Å²) in [5, 5.41) is 3.22. The van der Waals surface area contributed by atoms with E-state index in [-0.39, 0.29) is 6.04 Å². The minimum absolute atomic E-state index is 0.380. The first-order valence-electron chi connectivity index (χ1n) is 6.78. The number of halogens is 2. The van der Waals surface area contributed by atoms with Crippen LogP contribution in [0, 0.1) is 18.6 Å². The van der Waals surface area contributed by atoms with E-state index in [1.165, 1.54) is 0 Å². The summed E-state index contributed by atoms with van der Waals surface area (Å²) in [4.78, 5) is 4.32. The Labute approximate surface area is 117 Å². The molecule has 0 amide bonds. The van der Waals surface area contributed by atoms with Crippen LogP contribution in [0.1, 0.15) is 36.8 Å². The van der Waals surface area contributed by atoms with Gasteiger partial charge in [-0.05, 0) is 32.0 Å². The second-order valence-corrected chi connectivity index (χ2v) is 4.69. The summed E-state index contributed by atoms with van der Waals surface area (Å²) >= 11 is 0. The van der Waals surface area contributed by atoms with Crippen LogP contribution in [-0.2, 0) is 6.54 Å². The molecule has 20 heavy (non-hydrogen) atoms. The highest BCUT2D eigenvalue weighted by molar-refractivity contribution is 5.32. The first-order valence-corrected chi connectivity index (χ1v) is 6.78. The molecule has 1 N–H and O–H groups in total. The first-order chi connectivity index (χ1) is 9.58. The SMILES string of the molecule is CCNC(c1cc(C)c(F)cc1F)c1nccn1CC. The number of imidazole rings is 1. The smallest absolute Gasteiger partial charge is 0.131 e. The van der Waals surface area contributed by atoms with Crippen LogP contribution in [0.25, 0.3) is 0 Å². The molecule has 1 atom stereocenters. The standard InChI is InChI=1S/C15H19F2N3/c1-4-18-14(15-19-6-7-20(15)5-2)11-8-10(3)12(16)9-13(11)17/h6-9,14,18H,4-5H2,1-3H3. The van der Waals surface area contributed by atoms with Gasteiger partial charge in [0.05, 0.1) is 6.04 Å². The summed E-state index contributed by atoms with van der Waals surface area (Å²) in [7, 11) is 0. The number of rotatable bonds is 5. The van der Waals surface area contributed by atoms with Gasteiger partial charge in [-0.25, -0.2) is 13.8 Å². The number of hydrogen-bond donors (Lipinski definition) is 1. The predicted molar refractivity (Wildman–Crippen MR) is 74.5 cm³/mol. The quantitative estimate of drug-likeness (QED) is 0.911. The third kappa shape index (κ3) is 2.72. The van der Waals surface area contributed by atoms with E-state index in [9.17, 15) is 8.78 Å². The van der Waals surface area contributed by atoms with Crippen molar-refractivity contribution in [3.63, 3.8) is 0 Å². The van der Waals surface area contributed by atoms with Crippen molar-refractivity contribution in [1.82, 2.24) is 14.9 Å². The van der Waals surface area contributed by atoms with Crippen LogP contribution < -0.4 is 5.32 Å². The molecule has 5 heteroatoms. The van der Waals surface area contributed by atoms with Gasteiger partial charge in [-0.3, -0.25) is 0 Å². The fourth-order valence-corrected chi connectivity index (χ4v) is 2.29. The lowest BCUT2D eigenvalue weighted by molar-refractivity contribution is 0.512. The molecular weight excluding hydrogens is 260 g/mol. The zero-order valence-corrected chi connectivity index (χ0v) is 12.0. The molecule has 2 rings (SSSR count). The molecule has 0 aliphatic carbocycles. The van der Waals surface area contributed by atoms with Gasteiger partial charge < -0.3 is 9.88 Å². The molecule has 3 nitrogen and oxygen atoms in total. The molecule has 108 valence electrons. The lowest BCUT2D eigenvalue weighted by Gasteiger charge is -2.20. The monoisotopic (exact) mass is 279 g/mol. The maximum absolute atomic E-state index is 14.1. The Morgan fingerprint density at radius 2 is 2.00 bits per heavy atom. The minimum Gasteiger partial charge on any atom is -0.334 e. The van der Waals surface area contributed by atoms with Crippen molar-refractivity contribution in [3.05, 3.63) is 53.1 Å². The fraction of sp³-hybridized carbons (Fsp3) is 0.400. The number of hydrogen-bond acceptors (Lipinski definition) is 2. The second-order valence-electron chi connectivity index (χ2n) is 4.69. The van der Waals surface area contributed by atoms with Crippen LogP contribution in [0.15, 0.2) is 24.5 Å². The molecule has 2 aromatic rings. The van der Waals surface area contributed by atoms with E-state index in [1.54, 1.807) is 19.2 Å². The van der Waals surface area contributed by atoms with Crippen LogP contribution >= 0.6 is 0 Å². The van der Waals surface area contributed by atoms with E-state index in [1.807, 2.05) is 24.6 Å². The second kappa shape index (κ2) is 6.13. The highest BCUT2D eigenvalue weighted by Gasteiger charge is 2.22. The number of nitrogens with one attached hydrogen (secondary N) is 1. The average Bonchev–Trinajstić information content (AvgIpc) is 2.88. The third-order valence-electron chi connectivity index (χ3n) is 3.34. The highest BCUT2D eigenvalue weighted by atomic mass is 19.1. The molecule has 1 unspecified atom stereocenters. The molecule has 0 aliphatic heterocycles. The van der Waals surface area contributed by atoms with Gasteiger partial charge in [-0.2, -0.15) is 0 Å². The zero-order valence-electron chi connectivity index (χ0n) is 12.0. The Bertz CT molecular complexity index is 593. The van der Waals surface area contributed by atoms with E-state index in [0.717, 1.165) is 18.4 Å². The molecule has 1 aromatic carbocycles. The Balaban J connectivity index is 2.51. The van der Waals surface area contributed by atoms with Crippen LogP contribution in [0.5, 0.6) is 0 Å². The average molecular weight is 279 g/mol. The van der Waals surface area contributed by atoms with Crippen LogP contribution in [-0.4, -0.2) is 16.1 Å². The van der Waals surface area contributed by atoms with Gasteiger partial charge in [0, 0.05) is 30.6 Å². The zero-order chi connectivity index (χ0) is 14.7. The molecule has 0 aliphatic rings. The van der Waals surface area contributed by atoms with Crippen molar-refractivity contribution in [2.24, 2.45) is 0 Å². The molecule has 1 heterocycles. The number of aryl methyl sites for hydroxylation is 2. The van der Waals surface area contributed by atoms with Crippen molar-refractivity contribution in [2.45, 2.75) is 33.4 Å². The van der Waals surface area contributed by atoms with Crippen molar-refractivity contribution in [3.8, 4) is 0 Å². The van der Waals surface area contributed by atoms with E-state index < -0.39 is 11.6 Å². The van der Waals surface area contributed by atoms with Gasteiger partial charge in [0.2, 0.25) is 0 Å². The van der Waals surface area contributed by atoms with E-state index >= 15 is 0 Å². The molecule has 0 spiro atoms. The van der Waals surface area contributed by atoms with Crippen molar-refractivity contribution < 1.29 is 8.78 Å². The summed E-state index contributed by atoms with van der Waals surface area (Å²) in [5.41, 5.74) is 0.852. The summed E-state index contributed by atoms with van der Waals surface area (Å²) in [5.74, 6) is -0.343. The minimum atomic E-state index is -0.551. The highest BCUT2D eigenvalue weighted by Crippen LogP contribution is 2.25. The van der Waals surface area contributed by atoms with Gasteiger partial charge in [-0.15, -0.1) is 0 Å². The number of benzene rings is 1. The number of aromatic nitrogens is 2. The van der Waals surface area contributed by atoms with Gasteiger partial charge in [-0.1, -0.05) is 6.92 Å². The van der Waals surface area contributed by atoms with E-state index in [0.29, 0.717) is 17.7 Å². The Morgan fingerprint density at radius 1 is 1.25 bits per heavy atom. The van der Waals surface area contributed by atoms with Crippen molar-refractivity contribution in [2.75, 3.05) is 6.54 Å². The number of nitrogens with zero attached hydrogens (tertiary/aromatic N) is 2. The normalized spacial score (nSPS) is 12.7. The van der Waals surface area contributed by atoms with Crippen LogP contribution in [0.4, 0.5) is 8.78 Å². The summed E-state index contributed by atoms with van der Waals surface area (Å²) in [6, 6.07) is 2.11. The van der Waals surface area contributed by atoms with Crippen molar-refractivity contribution in [1.29, 1.82) is 0 Å². The van der Waals surface area contributed by atoms with Crippen molar-refractivity contribution >= 4 is 0 Å². The van der Waals surface area contributed by atoms with Gasteiger partial charge >= 0.3 is 0 Å². The molecule has 0 bridgehead atoms. The fourth-order valence-electron chi connectivity index (χ4n) is 2.29. The molecule has 0 saturated heterocycles. The maximum atomic E-state index is 14.1. The Kier molecular flexibility index (Phi) is 4.49. The largest absolute Gasteiger partial charge is 0.334 e. The Morgan fingerprint density at radius 3 is 2.65 bits per heavy atom. The predicted octanol–water partition coefficient (Wildman–Crippen LogP) is 3.19. The summed E-state index contributed by atoms with van der Waals surface area (Å²) in [6.45, 7) is 6.99. The topological polar surface area (TPSA) is 29.9 Å². The van der Waals surface area contributed by atoms with Crippen LogP contribution in [0.3, 0.4) is 0 Å². The lowest BCUT2D eigenvalue weighted by atomic mass is 10.0. The summed E-state index contributed by atoms with van der Waals surface area (Å²) < 4.78 is 29.5. The third-order valence-corrected chi connectivity index (χ3v) is 3.34. The molecule has 1 aromatic heterocycles. The van der Waals surface area contributed by atoms with Gasteiger partial charge in [0.1, 0.15) is 17.5 Å². The summed E-state index contributed by atoms with van der Waals surface area (Å²) in [6.07, 6.45) is 3.55. The molecule has 0 saturated carbocycles. The van der Waals surface area contributed by atoms with Gasteiger partial charge in [0.25, 0.3) is 0 Å².